The number of likely N-dealkylation sites (tertiary alicyclic amines) is 1. The van der Waals surface area contributed by atoms with Crippen LogP contribution in [0.25, 0.3) is 0 Å². The van der Waals surface area contributed by atoms with Gasteiger partial charge in [-0.25, -0.2) is 4.39 Å². The summed E-state index contributed by atoms with van der Waals surface area (Å²) in [6, 6.07) is 8.02. The number of halogens is 2. The fraction of sp³-hybridized carbons (Fsp3) is 0.389. The van der Waals surface area contributed by atoms with Crippen LogP contribution in [-0.4, -0.2) is 41.9 Å². The van der Waals surface area contributed by atoms with E-state index in [2.05, 4.69) is 27.9 Å². The SMILES string of the molecule is CN1CCC(N(Cc2ccco2)C(=O)c2ccc(F)cc2Br)CC1. The van der Waals surface area contributed by atoms with Crippen LogP contribution in [0.1, 0.15) is 29.0 Å². The van der Waals surface area contributed by atoms with Crippen molar-refractivity contribution in [3.05, 3.63) is 58.2 Å². The molecule has 0 atom stereocenters. The summed E-state index contributed by atoms with van der Waals surface area (Å²) in [7, 11) is 2.09. The number of hydrogen-bond donors (Lipinski definition) is 0. The van der Waals surface area contributed by atoms with Gasteiger partial charge in [-0.05, 0) is 79.2 Å². The molecule has 0 unspecified atom stereocenters. The van der Waals surface area contributed by atoms with E-state index in [-0.39, 0.29) is 17.8 Å². The second kappa shape index (κ2) is 7.49. The molecule has 128 valence electrons. The molecule has 3 rings (SSSR count). The molecule has 0 spiro atoms. The first-order chi connectivity index (χ1) is 11.5. The second-order valence-electron chi connectivity index (χ2n) is 6.17. The minimum Gasteiger partial charge on any atom is -0.467 e. The molecule has 0 radical (unpaired) electrons. The number of carbonyl (C=O) groups is 1. The zero-order valence-corrected chi connectivity index (χ0v) is 15.1. The lowest BCUT2D eigenvalue weighted by Crippen LogP contribution is -2.46. The molecule has 2 heterocycles. The topological polar surface area (TPSA) is 36.7 Å². The van der Waals surface area contributed by atoms with Crippen LogP contribution in [0.3, 0.4) is 0 Å². The van der Waals surface area contributed by atoms with Crippen LogP contribution >= 0.6 is 15.9 Å². The summed E-state index contributed by atoms with van der Waals surface area (Å²) in [5.74, 6) is 0.281. The van der Waals surface area contributed by atoms with Gasteiger partial charge >= 0.3 is 0 Å². The number of furan rings is 1. The third-order valence-corrected chi connectivity index (χ3v) is 5.11. The molecule has 0 N–H and O–H groups in total. The molecule has 1 aliphatic rings. The summed E-state index contributed by atoms with van der Waals surface area (Å²) in [4.78, 5) is 17.2. The van der Waals surface area contributed by atoms with E-state index in [1.807, 2.05) is 17.0 Å². The third kappa shape index (κ3) is 3.87. The van der Waals surface area contributed by atoms with Crippen molar-refractivity contribution < 1.29 is 13.6 Å². The summed E-state index contributed by atoms with van der Waals surface area (Å²) in [5.41, 5.74) is 0.474. The average Bonchev–Trinajstić information content (AvgIpc) is 3.06. The Bertz CT molecular complexity index is 697. The van der Waals surface area contributed by atoms with Crippen LogP contribution in [0.5, 0.6) is 0 Å². The Morgan fingerprint density at radius 1 is 1.38 bits per heavy atom. The predicted molar refractivity (Wildman–Crippen MR) is 93.2 cm³/mol. The fourth-order valence-electron chi connectivity index (χ4n) is 3.06. The van der Waals surface area contributed by atoms with E-state index in [4.69, 9.17) is 4.42 Å². The minimum absolute atomic E-state index is 0.104. The Kier molecular flexibility index (Phi) is 5.36. The van der Waals surface area contributed by atoms with Gasteiger partial charge in [0, 0.05) is 10.5 Å². The Labute approximate surface area is 149 Å². The van der Waals surface area contributed by atoms with Gasteiger partial charge in [0.05, 0.1) is 18.4 Å². The highest BCUT2D eigenvalue weighted by Crippen LogP contribution is 2.25. The van der Waals surface area contributed by atoms with Crippen molar-refractivity contribution in [1.82, 2.24) is 9.80 Å². The monoisotopic (exact) mass is 394 g/mol. The molecule has 24 heavy (non-hydrogen) atoms. The first-order valence-corrected chi connectivity index (χ1v) is 8.81. The lowest BCUT2D eigenvalue weighted by atomic mass is 10.0. The molecule has 1 aromatic carbocycles. The Morgan fingerprint density at radius 2 is 2.12 bits per heavy atom. The predicted octanol–water partition coefficient (Wildman–Crippen LogP) is 3.92. The molecular weight excluding hydrogens is 375 g/mol. The van der Waals surface area contributed by atoms with Gasteiger partial charge in [0.25, 0.3) is 5.91 Å². The summed E-state index contributed by atoms with van der Waals surface area (Å²) in [5, 5.41) is 0. The van der Waals surface area contributed by atoms with Gasteiger partial charge in [-0.3, -0.25) is 4.79 Å². The molecule has 1 saturated heterocycles. The summed E-state index contributed by atoms with van der Waals surface area (Å²) < 4.78 is 19.3. The maximum atomic E-state index is 13.3. The van der Waals surface area contributed by atoms with Crippen molar-refractivity contribution in [1.29, 1.82) is 0 Å². The first-order valence-electron chi connectivity index (χ1n) is 8.01. The zero-order chi connectivity index (χ0) is 17.1. The molecule has 0 bridgehead atoms. The van der Waals surface area contributed by atoms with Crippen LogP contribution in [0.4, 0.5) is 4.39 Å². The van der Waals surface area contributed by atoms with E-state index in [0.717, 1.165) is 31.7 Å². The van der Waals surface area contributed by atoms with Crippen LogP contribution in [-0.2, 0) is 6.54 Å². The van der Waals surface area contributed by atoms with Gasteiger partial charge in [-0.1, -0.05) is 0 Å². The maximum absolute atomic E-state index is 13.3. The van der Waals surface area contributed by atoms with Gasteiger partial charge in [0.15, 0.2) is 0 Å². The highest BCUT2D eigenvalue weighted by molar-refractivity contribution is 9.10. The van der Waals surface area contributed by atoms with Gasteiger partial charge in [-0.15, -0.1) is 0 Å². The number of hydrogen-bond acceptors (Lipinski definition) is 3. The lowest BCUT2D eigenvalue weighted by molar-refractivity contribution is 0.0549. The van der Waals surface area contributed by atoms with Crippen LogP contribution < -0.4 is 0 Å². The molecule has 0 saturated carbocycles. The van der Waals surface area contributed by atoms with Gasteiger partial charge < -0.3 is 14.2 Å². The number of carbonyl (C=O) groups excluding carboxylic acids is 1. The van der Waals surface area contributed by atoms with Crippen molar-refractivity contribution in [2.75, 3.05) is 20.1 Å². The molecule has 1 aliphatic heterocycles. The van der Waals surface area contributed by atoms with E-state index in [9.17, 15) is 9.18 Å². The van der Waals surface area contributed by atoms with Crippen LogP contribution in [0, 0.1) is 5.82 Å². The number of nitrogens with zero attached hydrogens (tertiary/aromatic N) is 2. The normalized spacial score (nSPS) is 16.3. The Hall–Kier alpha value is -1.66. The van der Waals surface area contributed by atoms with E-state index in [0.29, 0.717) is 16.6 Å². The molecule has 1 aromatic heterocycles. The zero-order valence-electron chi connectivity index (χ0n) is 13.5. The molecule has 6 heteroatoms. The Balaban J connectivity index is 1.86. The smallest absolute Gasteiger partial charge is 0.255 e. The van der Waals surface area contributed by atoms with Crippen molar-refractivity contribution in [3.8, 4) is 0 Å². The van der Waals surface area contributed by atoms with Crippen molar-refractivity contribution in [3.63, 3.8) is 0 Å². The summed E-state index contributed by atoms with van der Waals surface area (Å²) in [6.45, 7) is 2.33. The molecule has 1 amide bonds. The van der Waals surface area contributed by atoms with Crippen molar-refractivity contribution in [2.45, 2.75) is 25.4 Å². The molecule has 2 aromatic rings. The quantitative estimate of drug-likeness (QED) is 0.788. The van der Waals surface area contributed by atoms with Crippen molar-refractivity contribution in [2.24, 2.45) is 0 Å². The molecule has 4 nitrogen and oxygen atoms in total. The van der Waals surface area contributed by atoms with Gasteiger partial charge in [-0.2, -0.15) is 0 Å². The highest BCUT2D eigenvalue weighted by Gasteiger charge is 2.29. The summed E-state index contributed by atoms with van der Waals surface area (Å²) in [6.07, 6.45) is 3.45. The maximum Gasteiger partial charge on any atom is 0.255 e. The fourth-order valence-corrected chi connectivity index (χ4v) is 3.58. The largest absolute Gasteiger partial charge is 0.467 e. The standard InChI is InChI=1S/C18H20BrFN2O2/c1-21-8-6-14(7-9-21)22(12-15-3-2-10-24-15)18(23)16-5-4-13(20)11-17(16)19/h2-5,10-11,14H,6-9,12H2,1H3. The van der Waals surface area contributed by atoms with E-state index < -0.39 is 0 Å². The van der Waals surface area contributed by atoms with Crippen LogP contribution in [0.2, 0.25) is 0 Å². The van der Waals surface area contributed by atoms with Gasteiger partial charge in [0.2, 0.25) is 0 Å². The van der Waals surface area contributed by atoms with E-state index in [1.165, 1.54) is 18.2 Å². The van der Waals surface area contributed by atoms with Crippen molar-refractivity contribution >= 4 is 21.8 Å². The van der Waals surface area contributed by atoms with Crippen LogP contribution in [0.15, 0.2) is 45.5 Å². The minimum atomic E-state index is -0.365. The highest BCUT2D eigenvalue weighted by atomic mass is 79.9. The molecule has 0 aliphatic carbocycles. The second-order valence-corrected chi connectivity index (χ2v) is 7.03. The average molecular weight is 395 g/mol. The molecular formula is C18H20BrFN2O2. The number of rotatable bonds is 4. The number of amides is 1. The summed E-state index contributed by atoms with van der Waals surface area (Å²) >= 11 is 3.31. The lowest BCUT2D eigenvalue weighted by Gasteiger charge is -2.37. The van der Waals surface area contributed by atoms with E-state index >= 15 is 0 Å². The Morgan fingerprint density at radius 3 is 2.75 bits per heavy atom. The molecule has 1 fully saturated rings. The van der Waals surface area contributed by atoms with E-state index in [1.54, 1.807) is 6.26 Å². The third-order valence-electron chi connectivity index (χ3n) is 4.46. The number of piperidine rings is 1. The van der Waals surface area contributed by atoms with Gasteiger partial charge in [0.1, 0.15) is 11.6 Å². The first kappa shape index (κ1) is 17.2. The number of benzene rings is 1.